The quantitative estimate of drug-likeness (QED) is 0.246. The van der Waals surface area contributed by atoms with Crippen molar-refractivity contribution in [2.24, 2.45) is 0 Å². The van der Waals surface area contributed by atoms with Crippen LogP contribution in [0.5, 0.6) is 0 Å². The summed E-state index contributed by atoms with van der Waals surface area (Å²) >= 11 is 0. The third kappa shape index (κ3) is 10.2. The highest BCUT2D eigenvalue weighted by Crippen LogP contribution is 2.06. The van der Waals surface area contributed by atoms with E-state index >= 15 is 0 Å². The largest absolute Gasteiger partial charge is 0.478 e. The number of carbonyl (C=O) groups is 1. The van der Waals surface area contributed by atoms with Crippen molar-refractivity contribution in [2.75, 3.05) is 13.2 Å². The van der Waals surface area contributed by atoms with E-state index in [4.69, 9.17) is 14.6 Å². The standard InChI is InChI=1S/C15H30O4Si/c1-4-7-10-18-15(19-11-8-5-2)20-12-13(9-6-3)14(16)17/h12,15H,4-11,20H2,1-3H3,(H,16,17). The molecule has 5 heteroatoms. The van der Waals surface area contributed by atoms with E-state index in [0.717, 1.165) is 32.1 Å². The number of unbranched alkanes of at least 4 members (excludes halogenated alkanes) is 2. The minimum atomic E-state index is -0.829. The molecule has 4 nitrogen and oxygen atoms in total. The summed E-state index contributed by atoms with van der Waals surface area (Å²) in [6.45, 7) is 7.63. The predicted molar refractivity (Wildman–Crippen MR) is 84.7 cm³/mol. The maximum absolute atomic E-state index is 11.1. The molecule has 0 atom stereocenters. The highest BCUT2D eigenvalue weighted by molar-refractivity contribution is 6.44. The van der Waals surface area contributed by atoms with E-state index in [2.05, 4.69) is 13.8 Å². The van der Waals surface area contributed by atoms with Gasteiger partial charge in [0.05, 0.1) is 0 Å². The van der Waals surface area contributed by atoms with Gasteiger partial charge in [0.2, 0.25) is 0 Å². The molecule has 0 aromatic heterocycles. The van der Waals surface area contributed by atoms with Crippen LogP contribution in [0.3, 0.4) is 0 Å². The van der Waals surface area contributed by atoms with Gasteiger partial charge in [-0.2, -0.15) is 0 Å². The van der Waals surface area contributed by atoms with Crippen LogP contribution in [0.25, 0.3) is 0 Å². The molecule has 0 aliphatic rings. The SMILES string of the molecule is CCCCOC(OCCCC)[SiH2]C=C(CCC)C(=O)O. The fourth-order valence-electron chi connectivity index (χ4n) is 1.71. The Kier molecular flexibility index (Phi) is 12.9. The number of hydrogen-bond donors (Lipinski definition) is 1. The summed E-state index contributed by atoms with van der Waals surface area (Å²) in [5.41, 5.74) is 2.40. The highest BCUT2D eigenvalue weighted by Gasteiger charge is 2.11. The molecule has 118 valence electrons. The molecule has 0 fully saturated rings. The first-order chi connectivity index (χ1) is 9.65. The van der Waals surface area contributed by atoms with Gasteiger partial charge in [-0.15, -0.1) is 0 Å². The number of hydrogen-bond acceptors (Lipinski definition) is 3. The van der Waals surface area contributed by atoms with Crippen LogP contribution in [0, 0.1) is 0 Å². The molecule has 1 N–H and O–H groups in total. The Hall–Kier alpha value is -0.653. The number of aliphatic carboxylic acids is 1. The van der Waals surface area contributed by atoms with Crippen LogP contribution in [0.4, 0.5) is 0 Å². The van der Waals surface area contributed by atoms with Crippen LogP contribution in [-0.4, -0.2) is 39.7 Å². The molecule has 0 heterocycles. The zero-order valence-corrected chi connectivity index (χ0v) is 14.6. The molecule has 0 saturated heterocycles. The third-order valence-corrected chi connectivity index (χ3v) is 4.54. The molecule has 0 aliphatic carbocycles. The molecule has 20 heavy (non-hydrogen) atoms. The molecule has 0 aromatic carbocycles. The smallest absolute Gasteiger partial charge is 0.330 e. The number of carboxylic acid groups (broad SMARTS) is 1. The molecule has 0 aliphatic heterocycles. The normalized spacial score (nSPS) is 12.7. The van der Waals surface area contributed by atoms with Gasteiger partial charge in [0, 0.05) is 18.8 Å². The summed E-state index contributed by atoms with van der Waals surface area (Å²) < 4.78 is 11.5. The van der Waals surface area contributed by atoms with Crippen molar-refractivity contribution < 1.29 is 19.4 Å². The summed E-state index contributed by atoms with van der Waals surface area (Å²) in [6, 6.07) is 0. The fraction of sp³-hybridized carbons (Fsp3) is 0.800. The lowest BCUT2D eigenvalue weighted by molar-refractivity contribution is -0.132. The van der Waals surface area contributed by atoms with Gasteiger partial charge in [0.1, 0.15) is 15.4 Å². The molecular weight excluding hydrogens is 272 g/mol. The highest BCUT2D eigenvalue weighted by atomic mass is 28.2. The molecule has 0 spiro atoms. The zero-order chi connectivity index (χ0) is 15.2. The van der Waals surface area contributed by atoms with Crippen LogP contribution >= 0.6 is 0 Å². The van der Waals surface area contributed by atoms with Crippen molar-refractivity contribution in [3.63, 3.8) is 0 Å². The van der Waals surface area contributed by atoms with Gasteiger partial charge < -0.3 is 14.6 Å². The second-order valence-electron chi connectivity index (χ2n) is 4.90. The van der Waals surface area contributed by atoms with E-state index in [0.29, 0.717) is 25.2 Å². The van der Waals surface area contributed by atoms with E-state index in [9.17, 15) is 4.79 Å². The Bertz CT molecular complexity index is 269. The van der Waals surface area contributed by atoms with Crippen molar-refractivity contribution in [2.45, 2.75) is 65.2 Å². The van der Waals surface area contributed by atoms with E-state index < -0.39 is 15.5 Å². The minimum Gasteiger partial charge on any atom is -0.478 e. The molecule has 0 bridgehead atoms. The lowest BCUT2D eigenvalue weighted by atomic mass is 10.2. The third-order valence-electron chi connectivity index (χ3n) is 2.95. The Morgan fingerprint density at radius 3 is 2.05 bits per heavy atom. The van der Waals surface area contributed by atoms with Crippen LogP contribution in [0.2, 0.25) is 0 Å². The predicted octanol–water partition coefficient (Wildman–Crippen LogP) is 2.84. The van der Waals surface area contributed by atoms with E-state index in [-0.39, 0.29) is 5.91 Å². The maximum atomic E-state index is 11.1. The first kappa shape index (κ1) is 19.3. The maximum Gasteiger partial charge on any atom is 0.330 e. The van der Waals surface area contributed by atoms with E-state index in [1.54, 1.807) is 0 Å². The second kappa shape index (κ2) is 13.3. The van der Waals surface area contributed by atoms with Gasteiger partial charge in [0.15, 0.2) is 0 Å². The van der Waals surface area contributed by atoms with Gasteiger partial charge in [-0.25, -0.2) is 4.79 Å². The van der Waals surface area contributed by atoms with Gasteiger partial charge >= 0.3 is 5.97 Å². The fourth-order valence-corrected chi connectivity index (χ4v) is 3.17. The van der Waals surface area contributed by atoms with Crippen LogP contribution in [-0.2, 0) is 14.3 Å². The minimum absolute atomic E-state index is 0.181. The summed E-state index contributed by atoms with van der Waals surface area (Å²) in [5, 5.41) is 9.12. The first-order valence-corrected chi connectivity index (χ1v) is 9.44. The zero-order valence-electron chi connectivity index (χ0n) is 13.2. The lowest BCUT2D eigenvalue weighted by Crippen LogP contribution is -2.25. The van der Waals surface area contributed by atoms with Crippen molar-refractivity contribution >= 4 is 15.5 Å². The van der Waals surface area contributed by atoms with Crippen molar-refractivity contribution in [1.82, 2.24) is 0 Å². The van der Waals surface area contributed by atoms with Gasteiger partial charge in [0.25, 0.3) is 0 Å². The van der Waals surface area contributed by atoms with Crippen molar-refractivity contribution in [3.05, 3.63) is 11.3 Å². The monoisotopic (exact) mass is 302 g/mol. The molecule has 0 saturated carbocycles. The topological polar surface area (TPSA) is 55.8 Å². The summed E-state index contributed by atoms with van der Waals surface area (Å²) in [5.74, 6) is -0.987. The molecule has 0 unspecified atom stereocenters. The Morgan fingerprint density at radius 1 is 1.10 bits per heavy atom. The second-order valence-corrected chi connectivity index (χ2v) is 6.44. The molecular formula is C15H30O4Si. The van der Waals surface area contributed by atoms with Crippen LogP contribution < -0.4 is 0 Å². The van der Waals surface area contributed by atoms with Crippen LogP contribution in [0.15, 0.2) is 11.3 Å². The molecule has 0 aromatic rings. The number of ether oxygens (including phenoxy) is 2. The Morgan fingerprint density at radius 2 is 1.65 bits per heavy atom. The number of carboxylic acids is 1. The first-order valence-electron chi connectivity index (χ1n) is 7.81. The van der Waals surface area contributed by atoms with Gasteiger partial charge in [-0.1, -0.05) is 45.7 Å². The van der Waals surface area contributed by atoms with E-state index in [1.165, 1.54) is 0 Å². The number of rotatable bonds is 13. The Balaban J connectivity index is 4.35. The van der Waals surface area contributed by atoms with E-state index in [1.807, 2.05) is 12.6 Å². The van der Waals surface area contributed by atoms with Crippen molar-refractivity contribution in [1.29, 1.82) is 0 Å². The average molecular weight is 302 g/mol. The van der Waals surface area contributed by atoms with Gasteiger partial charge in [-0.05, 0) is 19.3 Å². The molecule has 0 radical (unpaired) electrons. The summed E-state index contributed by atoms with van der Waals surface area (Å²) in [7, 11) is -0.829. The van der Waals surface area contributed by atoms with Crippen molar-refractivity contribution in [3.8, 4) is 0 Å². The Labute approximate surface area is 125 Å². The van der Waals surface area contributed by atoms with Crippen LogP contribution in [0.1, 0.15) is 59.3 Å². The van der Waals surface area contributed by atoms with Gasteiger partial charge in [-0.3, -0.25) is 0 Å². The molecule has 0 rings (SSSR count). The lowest BCUT2D eigenvalue weighted by Gasteiger charge is -2.17. The summed E-state index contributed by atoms with van der Waals surface area (Å²) in [4.78, 5) is 11.1. The summed E-state index contributed by atoms with van der Waals surface area (Å²) in [6.07, 6.45) is 5.70. The molecule has 0 amide bonds. The average Bonchev–Trinajstić information content (AvgIpc) is 2.42.